The summed E-state index contributed by atoms with van der Waals surface area (Å²) in [4.78, 5) is 25.2. The molecule has 2 atom stereocenters. The van der Waals surface area contributed by atoms with Gasteiger partial charge in [0.15, 0.2) is 0 Å². The monoisotopic (exact) mass is 368 g/mol. The predicted molar refractivity (Wildman–Crippen MR) is 94.6 cm³/mol. The molecule has 1 unspecified atom stereocenters. The molecule has 0 aromatic heterocycles. The SMILES string of the molecule is CC(=O)Nc1ccc(S(=O)(=O)NC(C)C(=O)N2CCNC[C@H]2C)cc1. The van der Waals surface area contributed by atoms with Gasteiger partial charge >= 0.3 is 0 Å². The van der Waals surface area contributed by atoms with E-state index in [1.54, 1.807) is 11.8 Å². The summed E-state index contributed by atoms with van der Waals surface area (Å²) >= 11 is 0. The van der Waals surface area contributed by atoms with Crippen LogP contribution in [0, 0.1) is 0 Å². The summed E-state index contributed by atoms with van der Waals surface area (Å²) < 4.78 is 27.4. The minimum absolute atomic E-state index is 0.0187. The van der Waals surface area contributed by atoms with E-state index in [0.29, 0.717) is 25.3 Å². The zero-order chi connectivity index (χ0) is 18.6. The van der Waals surface area contributed by atoms with Crippen LogP contribution in [-0.4, -0.2) is 56.9 Å². The molecule has 1 fully saturated rings. The van der Waals surface area contributed by atoms with Gasteiger partial charge in [0.2, 0.25) is 21.8 Å². The van der Waals surface area contributed by atoms with Gasteiger partial charge in [0.1, 0.15) is 0 Å². The van der Waals surface area contributed by atoms with Gasteiger partial charge in [0, 0.05) is 38.3 Å². The highest BCUT2D eigenvalue weighted by Crippen LogP contribution is 2.15. The first-order valence-electron chi connectivity index (χ1n) is 8.12. The van der Waals surface area contributed by atoms with Crippen LogP contribution in [0.1, 0.15) is 20.8 Å². The van der Waals surface area contributed by atoms with Crippen LogP contribution < -0.4 is 15.4 Å². The van der Waals surface area contributed by atoms with Crippen LogP contribution in [0.4, 0.5) is 5.69 Å². The molecule has 25 heavy (non-hydrogen) atoms. The molecule has 1 heterocycles. The van der Waals surface area contributed by atoms with E-state index in [4.69, 9.17) is 0 Å². The lowest BCUT2D eigenvalue weighted by Crippen LogP contribution is -2.57. The molecule has 1 saturated heterocycles. The third kappa shape index (κ3) is 5.00. The zero-order valence-electron chi connectivity index (χ0n) is 14.6. The van der Waals surface area contributed by atoms with Gasteiger partial charge in [-0.1, -0.05) is 0 Å². The fraction of sp³-hybridized carbons (Fsp3) is 0.500. The third-order valence-corrected chi connectivity index (χ3v) is 5.53. The Bertz CT molecular complexity index is 733. The van der Waals surface area contributed by atoms with Gasteiger partial charge in [-0.3, -0.25) is 9.59 Å². The van der Waals surface area contributed by atoms with Crippen molar-refractivity contribution >= 4 is 27.5 Å². The van der Waals surface area contributed by atoms with Crippen molar-refractivity contribution in [2.75, 3.05) is 25.0 Å². The fourth-order valence-electron chi connectivity index (χ4n) is 2.69. The van der Waals surface area contributed by atoms with E-state index in [2.05, 4.69) is 15.4 Å². The first-order chi connectivity index (χ1) is 11.7. The van der Waals surface area contributed by atoms with Gasteiger partial charge in [-0.05, 0) is 38.1 Å². The van der Waals surface area contributed by atoms with E-state index in [9.17, 15) is 18.0 Å². The fourth-order valence-corrected chi connectivity index (χ4v) is 3.89. The lowest BCUT2D eigenvalue weighted by Gasteiger charge is -2.35. The number of carbonyl (C=O) groups is 2. The molecule has 2 rings (SSSR count). The van der Waals surface area contributed by atoms with Crippen LogP contribution in [-0.2, 0) is 19.6 Å². The molecule has 0 radical (unpaired) electrons. The smallest absolute Gasteiger partial charge is 0.241 e. The summed E-state index contributed by atoms with van der Waals surface area (Å²) in [5.74, 6) is -0.481. The first-order valence-corrected chi connectivity index (χ1v) is 9.60. The topological polar surface area (TPSA) is 108 Å². The van der Waals surface area contributed by atoms with E-state index < -0.39 is 16.1 Å². The van der Waals surface area contributed by atoms with Crippen molar-refractivity contribution in [2.24, 2.45) is 0 Å². The maximum atomic E-state index is 12.5. The van der Waals surface area contributed by atoms with Crippen LogP contribution in [0.15, 0.2) is 29.2 Å². The van der Waals surface area contributed by atoms with Gasteiger partial charge in [-0.2, -0.15) is 4.72 Å². The summed E-state index contributed by atoms with van der Waals surface area (Å²) in [6, 6.07) is 4.93. The number of rotatable bonds is 5. The number of carbonyl (C=O) groups excluding carboxylic acids is 2. The Labute approximate surface area is 148 Å². The summed E-state index contributed by atoms with van der Waals surface area (Å²) in [5.41, 5.74) is 0.505. The van der Waals surface area contributed by atoms with E-state index in [1.807, 2.05) is 6.92 Å². The molecule has 138 valence electrons. The highest BCUT2D eigenvalue weighted by atomic mass is 32.2. The second kappa shape index (κ2) is 7.94. The van der Waals surface area contributed by atoms with Crippen LogP contribution >= 0.6 is 0 Å². The average Bonchev–Trinajstić information content (AvgIpc) is 2.54. The van der Waals surface area contributed by atoms with Gasteiger partial charge < -0.3 is 15.5 Å². The summed E-state index contributed by atoms with van der Waals surface area (Å²) in [7, 11) is -3.83. The number of nitrogens with zero attached hydrogens (tertiary/aromatic N) is 1. The Morgan fingerprint density at radius 2 is 1.92 bits per heavy atom. The molecule has 3 N–H and O–H groups in total. The lowest BCUT2D eigenvalue weighted by atomic mass is 10.2. The molecular weight excluding hydrogens is 344 g/mol. The van der Waals surface area contributed by atoms with Gasteiger partial charge in [-0.15, -0.1) is 0 Å². The van der Waals surface area contributed by atoms with Crippen LogP contribution in [0.25, 0.3) is 0 Å². The summed E-state index contributed by atoms with van der Waals surface area (Å²) in [6.07, 6.45) is 0. The van der Waals surface area contributed by atoms with Gasteiger partial charge in [0.05, 0.1) is 10.9 Å². The average molecular weight is 368 g/mol. The number of amides is 2. The molecule has 2 amide bonds. The summed E-state index contributed by atoms with van der Waals surface area (Å²) in [5, 5.41) is 5.76. The Morgan fingerprint density at radius 1 is 1.28 bits per heavy atom. The van der Waals surface area contributed by atoms with Crippen molar-refractivity contribution in [1.82, 2.24) is 14.9 Å². The van der Waals surface area contributed by atoms with E-state index in [1.165, 1.54) is 31.2 Å². The standard InChI is InChI=1S/C16H24N4O4S/c1-11-10-17-8-9-20(11)16(22)12(2)19-25(23,24)15-6-4-14(5-7-15)18-13(3)21/h4-7,11-12,17,19H,8-10H2,1-3H3,(H,18,21)/t11-,12?/m1/s1. The highest BCUT2D eigenvalue weighted by molar-refractivity contribution is 7.89. The number of anilines is 1. The van der Waals surface area contributed by atoms with Crippen molar-refractivity contribution in [1.29, 1.82) is 0 Å². The third-order valence-electron chi connectivity index (χ3n) is 3.97. The van der Waals surface area contributed by atoms with E-state index in [0.717, 1.165) is 0 Å². The molecule has 0 saturated carbocycles. The molecule has 0 bridgehead atoms. The highest BCUT2D eigenvalue weighted by Gasteiger charge is 2.29. The number of sulfonamides is 1. The maximum Gasteiger partial charge on any atom is 0.241 e. The second-order valence-corrected chi connectivity index (χ2v) is 7.85. The Kier molecular flexibility index (Phi) is 6.15. The molecule has 1 aromatic carbocycles. The van der Waals surface area contributed by atoms with Crippen LogP contribution in [0.5, 0.6) is 0 Å². The Hall–Kier alpha value is -1.97. The minimum atomic E-state index is -3.83. The molecule has 9 heteroatoms. The van der Waals surface area contributed by atoms with Crippen molar-refractivity contribution in [3.8, 4) is 0 Å². The maximum absolute atomic E-state index is 12.5. The van der Waals surface area contributed by atoms with Gasteiger partial charge in [0.25, 0.3) is 0 Å². The molecular formula is C16H24N4O4S. The number of nitrogens with one attached hydrogen (secondary N) is 3. The minimum Gasteiger partial charge on any atom is -0.336 e. The van der Waals surface area contributed by atoms with Crippen molar-refractivity contribution < 1.29 is 18.0 Å². The van der Waals surface area contributed by atoms with Crippen LogP contribution in [0.3, 0.4) is 0 Å². The summed E-state index contributed by atoms with van der Waals surface area (Å²) in [6.45, 7) is 6.77. The Morgan fingerprint density at radius 3 is 2.48 bits per heavy atom. The predicted octanol–water partition coefficient (Wildman–Crippen LogP) is 0.132. The first kappa shape index (κ1) is 19.4. The van der Waals surface area contributed by atoms with E-state index >= 15 is 0 Å². The normalized spacial score (nSPS) is 19.3. The number of hydrogen-bond acceptors (Lipinski definition) is 5. The van der Waals surface area contributed by atoms with Crippen molar-refractivity contribution in [3.05, 3.63) is 24.3 Å². The molecule has 0 spiro atoms. The van der Waals surface area contributed by atoms with Gasteiger partial charge in [-0.25, -0.2) is 8.42 Å². The molecule has 0 aliphatic carbocycles. The number of hydrogen-bond donors (Lipinski definition) is 3. The molecule has 1 aliphatic heterocycles. The second-order valence-electron chi connectivity index (χ2n) is 6.13. The van der Waals surface area contributed by atoms with Crippen LogP contribution in [0.2, 0.25) is 0 Å². The Balaban J connectivity index is 2.06. The zero-order valence-corrected chi connectivity index (χ0v) is 15.4. The molecule has 1 aliphatic rings. The molecule has 8 nitrogen and oxygen atoms in total. The number of benzene rings is 1. The van der Waals surface area contributed by atoms with E-state index in [-0.39, 0.29) is 22.8 Å². The number of piperazine rings is 1. The van der Waals surface area contributed by atoms with Crippen molar-refractivity contribution in [2.45, 2.75) is 37.8 Å². The molecule has 1 aromatic rings. The lowest BCUT2D eigenvalue weighted by molar-refractivity contribution is -0.135. The largest absolute Gasteiger partial charge is 0.336 e. The van der Waals surface area contributed by atoms with Crippen molar-refractivity contribution in [3.63, 3.8) is 0 Å². The quantitative estimate of drug-likeness (QED) is 0.685.